The van der Waals surface area contributed by atoms with Crippen molar-refractivity contribution in [3.05, 3.63) is 41.9 Å². The summed E-state index contributed by atoms with van der Waals surface area (Å²) in [7, 11) is 0. The van der Waals surface area contributed by atoms with Gasteiger partial charge in [-0.05, 0) is 19.1 Å². The van der Waals surface area contributed by atoms with Crippen LogP contribution in [0.25, 0.3) is 11.5 Å². The Balaban J connectivity index is 1.83. The molecule has 7 nitrogen and oxygen atoms in total. The van der Waals surface area contributed by atoms with Crippen molar-refractivity contribution in [2.75, 3.05) is 5.73 Å². The molecule has 1 aromatic carbocycles. The molecule has 0 saturated heterocycles. The summed E-state index contributed by atoms with van der Waals surface area (Å²) in [6.07, 6.45) is 1.61. The van der Waals surface area contributed by atoms with E-state index in [0.717, 1.165) is 11.1 Å². The Hall–Kier alpha value is -2.70. The fourth-order valence-electron chi connectivity index (χ4n) is 1.74. The maximum atomic E-state index is 5.59. The van der Waals surface area contributed by atoms with E-state index in [4.69, 9.17) is 10.2 Å². The standard InChI is InChI=1S/C12H12N6O/c1-8-3-2-4-9(5-8)12-16-15-11(19-12)7-18-6-10(13)14-17-18/h2-6H,7,13H2,1H3. The number of aryl methyl sites for hydroxylation is 1. The molecule has 96 valence electrons. The van der Waals surface area contributed by atoms with E-state index in [9.17, 15) is 0 Å². The van der Waals surface area contributed by atoms with Crippen molar-refractivity contribution in [3.8, 4) is 11.5 Å². The van der Waals surface area contributed by atoms with Gasteiger partial charge in [-0.3, -0.25) is 0 Å². The van der Waals surface area contributed by atoms with Gasteiger partial charge in [-0.1, -0.05) is 22.9 Å². The summed E-state index contributed by atoms with van der Waals surface area (Å²) < 4.78 is 7.13. The lowest BCUT2D eigenvalue weighted by atomic mass is 10.1. The van der Waals surface area contributed by atoms with Crippen molar-refractivity contribution in [1.82, 2.24) is 25.2 Å². The lowest BCUT2D eigenvalue weighted by Crippen LogP contribution is -2.00. The van der Waals surface area contributed by atoms with E-state index in [1.807, 2.05) is 31.2 Å². The van der Waals surface area contributed by atoms with Crippen molar-refractivity contribution in [2.45, 2.75) is 13.5 Å². The molecule has 0 bridgehead atoms. The largest absolute Gasteiger partial charge is 0.419 e. The first-order valence-corrected chi connectivity index (χ1v) is 5.76. The van der Waals surface area contributed by atoms with Crippen molar-refractivity contribution >= 4 is 5.82 Å². The minimum absolute atomic E-state index is 0.350. The summed E-state index contributed by atoms with van der Waals surface area (Å²) in [4.78, 5) is 0. The second kappa shape index (κ2) is 4.52. The molecule has 0 radical (unpaired) electrons. The first-order chi connectivity index (χ1) is 9.20. The zero-order valence-corrected chi connectivity index (χ0v) is 10.3. The molecule has 0 aliphatic rings. The molecule has 2 aromatic heterocycles. The third-order valence-corrected chi connectivity index (χ3v) is 2.59. The van der Waals surface area contributed by atoms with Gasteiger partial charge in [-0.15, -0.1) is 15.3 Å². The van der Waals surface area contributed by atoms with Gasteiger partial charge < -0.3 is 10.2 Å². The molecule has 0 saturated carbocycles. The Morgan fingerprint density at radius 2 is 2.16 bits per heavy atom. The fourth-order valence-corrected chi connectivity index (χ4v) is 1.74. The first-order valence-electron chi connectivity index (χ1n) is 5.76. The number of aromatic nitrogens is 5. The number of benzene rings is 1. The molecule has 0 amide bonds. The normalized spacial score (nSPS) is 10.8. The van der Waals surface area contributed by atoms with Gasteiger partial charge in [-0.2, -0.15) is 0 Å². The molecular formula is C12H12N6O. The predicted molar refractivity (Wildman–Crippen MR) is 68.0 cm³/mol. The van der Waals surface area contributed by atoms with Gasteiger partial charge in [0, 0.05) is 5.56 Å². The summed E-state index contributed by atoms with van der Waals surface area (Å²) >= 11 is 0. The Kier molecular flexibility index (Phi) is 2.71. The Labute approximate surface area is 109 Å². The molecule has 2 N–H and O–H groups in total. The second-order valence-electron chi connectivity index (χ2n) is 4.21. The van der Waals surface area contributed by atoms with Crippen molar-refractivity contribution in [1.29, 1.82) is 0 Å². The predicted octanol–water partition coefficient (Wildman–Crippen LogP) is 1.27. The average Bonchev–Trinajstić information content (AvgIpc) is 2.99. The van der Waals surface area contributed by atoms with Crippen molar-refractivity contribution in [3.63, 3.8) is 0 Å². The smallest absolute Gasteiger partial charge is 0.247 e. The quantitative estimate of drug-likeness (QED) is 0.758. The van der Waals surface area contributed by atoms with Gasteiger partial charge in [0.15, 0.2) is 5.82 Å². The zero-order chi connectivity index (χ0) is 13.2. The van der Waals surface area contributed by atoms with Gasteiger partial charge in [0.2, 0.25) is 11.8 Å². The fraction of sp³-hybridized carbons (Fsp3) is 0.167. The van der Waals surface area contributed by atoms with Gasteiger partial charge in [0.1, 0.15) is 6.54 Å². The molecule has 3 aromatic rings. The summed E-state index contributed by atoms with van der Waals surface area (Å²) in [5.41, 5.74) is 7.52. The lowest BCUT2D eigenvalue weighted by Gasteiger charge is -1.96. The van der Waals surface area contributed by atoms with Crippen LogP contribution in [0.4, 0.5) is 5.82 Å². The van der Waals surface area contributed by atoms with Crippen LogP contribution in [0, 0.1) is 6.92 Å². The number of rotatable bonds is 3. The van der Waals surface area contributed by atoms with E-state index in [0.29, 0.717) is 24.1 Å². The van der Waals surface area contributed by atoms with Crippen molar-refractivity contribution < 1.29 is 4.42 Å². The maximum absolute atomic E-state index is 5.59. The summed E-state index contributed by atoms with van der Waals surface area (Å²) in [5, 5.41) is 15.5. The van der Waals surface area contributed by atoms with E-state index in [1.165, 1.54) is 0 Å². The van der Waals surface area contributed by atoms with Crippen LogP contribution in [0.2, 0.25) is 0 Å². The molecule has 3 rings (SSSR count). The minimum atomic E-state index is 0.350. The molecule has 19 heavy (non-hydrogen) atoms. The number of nitrogen functional groups attached to an aromatic ring is 1. The van der Waals surface area contributed by atoms with Crippen LogP contribution >= 0.6 is 0 Å². The SMILES string of the molecule is Cc1cccc(-c2nnc(Cn3cc(N)nn3)o2)c1. The summed E-state index contributed by atoms with van der Waals surface area (Å²) in [6, 6.07) is 7.88. The van der Waals surface area contributed by atoms with Gasteiger partial charge in [0.05, 0.1) is 6.20 Å². The summed E-state index contributed by atoms with van der Waals surface area (Å²) in [6.45, 7) is 2.36. The van der Waals surface area contributed by atoms with Crippen molar-refractivity contribution in [2.24, 2.45) is 0 Å². The Morgan fingerprint density at radius 3 is 2.89 bits per heavy atom. The Morgan fingerprint density at radius 1 is 1.26 bits per heavy atom. The zero-order valence-electron chi connectivity index (χ0n) is 10.3. The van der Waals surface area contributed by atoms with Crippen LogP contribution in [0.1, 0.15) is 11.5 Å². The van der Waals surface area contributed by atoms with Crippen LogP contribution in [0.5, 0.6) is 0 Å². The highest BCUT2D eigenvalue weighted by Gasteiger charge is 2.09. The molecule has 0 atom stereocenters. The molecule has 0 unspecified atom stereocenters. The van der Waals surface area contributed by atoms with Gasteiger partial charge in [-0.25, -0.2) is 4.68 Å². The highest BCUT2D eigenvalue weighted by molar-refractivity contribution is 5.53. The van der Waals surface area contributed by atoms with Crippen LogP contribution in [0.3, 0.4) is 0 Å². The van der Waals surface area contributed by atoms with E-state index in [-0.39, 0.29) is 0 Å². The molecule has 0 spiro atoms. The highest BCUT2D eigenvalue weighted by atomic mass is 16.4. The molecule has 0 aliphatic heterocycles. The molecule has 2 heterocycles. The van der Waals surface area contributed by atoms with E-state index >= 15 is 0 Å². The number of hydrogen-bond donors (Lipinski definition) is 1. The lowest BCUT2D eigenvalue weighted by molar-refractivity contribution is 0.469. The maximum Gasteiger partial charge on any atom is 0.247 e. The van der Waals surface area contributed by atoms with Crippen LogP contribution < -0.4 is 5.73 Å². The van der Waals surface area contributed by atoms with Gasteiger partial charge >= 0.3 is 0 Å². The second-order valence-corrected chi connectivity index (χ2v) is 4.21. The third-order valence-electron chi connectivity index (χ3n) is 2.59. The van der Waals surface area contributed by atoms with Gasteiger partial charge in [0.25, 0.3) is 0 Å². The first kappa shape index (κ1) is 11.4. The minimum Gasteiger partial charge on any atom is -0.419 e. The number of nitrogens with zero attached hydrogens (tertiary/aromatic N) is 5. The summed E-state index contributed by atoms with van der Waals surface area (Å²) in [5.74, 6) is 1.31. The van der Waals surface area contributed by atoms with E-state index in [1.54, 1.807) is 10.9 Å². The third kappa shape index (κ3) is 2.44. The van der Waals surface area contributed by atoms with Crippen LogP contribution in [-0.2, 0) is 6.54 Å². The monoisotopic (exact) mass is 256 g/mol. The topological polar surface area (TPSA) is 95.7 Å². The van der Waals surface area contributed by atoms with E-state index < -0.39 is 0 Å². The number of anilines is 1. The highest BCUT2D eigenvalue weighted by Crippen LogP contribution is 2.19. The molecular weight excluding hydrogens is 244 g/mol. The average molecular weight is 256 g/mol. The molecule has 0 aliphatic carbocycles. The van der Waals surface area contributed by atoms with Crippen LogP contribution in [-0.4, -0.2) is 25.2 Å². The molecule has 0 fully saturated rings. The Bertz CT molecular complexity index is 702. The van der Waals surface area contributed by atoms with E-state index in [2.05, 4.69) is 20.5 Å². The molecule has 7 heteroatoms. The number of hydrogen-bond acceptors (Lipinski definition) is 6. The van der Waals surface area contributed by atoms with Crippen LogP contribution in [0.15, 0.2) is 34.9 Å². The number of nitrogens with two attached hydrogens (primary N) is 1.